The third-order valence-electron chi connectivity index (χ3n) is 4.91. The number of benzene rings is 1. The largest absolute Gasteiger partial charge is 0.465 e. The topological polar surface area (TPSA) is 90.3 Å². The maximum atomic E-state index is 12.7. The number of esters is 1. The van der Waals surface area contributed by atoms with Crippen molar-refractivity contribution < 1.29 is 14.3 Å². The Morgan fingerprint density at radius 2 is 2.10 bits per heavy atom. The molecule has 1 aromatic carbocycles. The standard InChI is InChI=1S/C20H18BrN3O4S/c1-28-20(27)17-12-4-2-3-5-15(12)29-18(17)23-16(25)9-24-10-22-14-7-6-11(21)8-13(14)19(24)26/h6-8,10H,2-5,9H2,1H3,(H,23,25). The number of fused-ring (bicyclic) bond motifs is 2. The fraction of sp³-hybridized carbons (Fsp3) is 0.300. The van der Waals surface area contributed by atoms with Gasteiger partial charge in [0.15, 0.2) is 0 Å². The number of ether oxygens (including phenoxy) is 1. The predicted octanol–water partition coefficient (Wildman–Crippen LogP) is 3.52. The van der Waals surface area contributed by atoms with Crippen LogP contribution in [0.15, 0.2) is 33.8 Å². The first-order valence-electron chi connectivity index (χ1n) is 9.15. The summed E-state index contributed by atoms with van der Waals surface area (Å²) in [5.41, 5.74) is 1.67. The second kappa shape index (κ2) is 8.08. The number of methoxy groups -OCH3 is 1. The highest BCUT2D eigenvalue weighted by atomic mass is 79.9. The van der Waals surface area contributed by atoms with Crippen LogP contribution in [0.4, 0.5) is 5.00 Å². The molecule has 2 heterocycles. The molecule has 0 aliphatic heterocycles. The van der Waals surface area contributed by atoms with Crippen LogP contribution in [0.3, 0.4) is 0 Å². The Morgan fingerprint density at radius 3 is 2.90 bits per heavy atom. The Balaban J connectivity index is 1.62. The van der Waals surface area contributed by atoms with Gasteiger partial charge in [0, 0.05) is 9.35 Å². The summed E-state index contributed by atoms with van der Waals surface area (Å²) in [6.45, 7) is -0.197. The normalized spacial score (nSPS) is 13.2. The predicted molar refractivity (Wildman–Crippen MR) is 115 cm³/mol. The highest BCUT2D eigenvalue weighted by Crippen LogP contribution is 2.38. The average Bonchev–Trinajstić information content (AvgIpc) is 3.07. The SMILES string of the molecule is COC(=O)c1c(NC(=O)Cn2cnc3ccc(Br)cc3c2=O)sc2c1CCCC2. The highest BCUT2D eigenvalue weighted by Gasteiger charge is 2.27. The number of rotatable bonds is 4. The van der Waals surface area contributed by atoms with Gasteiger partial charge in [-0.2, -0.15) is 0 Å². The molecule has 3 aromatic rings. The van der Waals surface area contributed by atoms with Crippen LogP contribution in [0.2, 0.25) is 0 Å². The summed E-state index contributed by atoms with van der Waals surface area (Å²) < 4.78 is 6.95. The van der Waals surface area contributed by atoms with Crippen LogP contribution in [-0.4, -0.2) is 28.5 Å². The molecule has 0 unspecified atom stereocenters. The molecule has 0 spiro atoms. The molecular weight excluding hydrogens is 458 g/mol. The molecule has 4 rings (SSSR count). The molecule has 1 N–H and O–H groups in total. The molecule has 0 bridgehead atoms. The van der Waals surface area contributed by atoms with Crippen LogP contribution in [0.5, 0.6) is 0 Å². The lowest BCUT2D eigenvalue weighted by Gasteiger charge is -2.12. The molecular formula is C20H18BrN3O4S. The molecule has 1 aliphatic carbocycles. The maximum absolute atomic E-state index is 12.7. The number of halogens is 1. The van der Waals surface area contributed by atoms with Crippen molar-refractivity contribution in [1.29, 1.82) is 0 Å². The quantitative estimate of drug-likeness (QED) is 0.582. The summed E-state index contributed by atoms with van der Waals surface area (Å²) in [5.74, 6) is -0.846. The van der Waals surface area contributed by atoms with Crippen LogP contribution in [-0.2, 0) is 28.9 Å². The minimum Gasteiger partial charge on any atom is -0.465 e. The fourth-order valence-corrected chi connectivity index (χ4v) is 5.19. The van der Waals surface area contributed by atoms with Crippen molar-refractivity contribution in [1.82, 2.24) is 9.55 Å². The lowest BCUT2D eigenvalue weighted by Crippen LogP contribution is -2.28. The van der Waals surface area contributed by atoms with Gasteiger partial charge in [-0.3, -0.25) is 14.2 Å². The lowest BCUT2D eigenvalue weighted by atomic mass is 9.95. The molecule has 1 aliphatic rings. The second-order valence-electron chi connectivity index (χ2n) is 6.79. The number of nitrogens with one attached hydrogen (secondary N) is 1. The van der Waals surface area contributed by atoms with Crippen LogP contribution in [0, 0.1) is 0 Å². The van der Waals surface area contributed by atoms with Gasteiger partial charge < -0.3 is 10.1 Å². The van der Waals surface area contributed by atoms with Gasteiger partial charge in [0.05, 0.1) is 29.9 Å². The van der Waals surface area contributed by atoms with Gasteiger partial charge in [0.25, 0.3) is 5.56 Å². The van der Waals surface area contributed by atoms with Crippen molar-refractivity contribution in [3.63, 3.8) is 0 Å². The van der Waals surface area contributed by atoms with E-state index in [4.69, 9.17) is 4.74 Å². The fourth-order valence-electron chi connectivity index (χ4n) is 3.54. The van der Waals surface area contributed by atoms with Crippen LogP contribution in [0.25, 0.3) is 10.9 Å². The van der Waals surface area contributed by atoms with Gasteiger partial charge in [-0.25, -0.2) is 9.78 Å². The minimum absolute atomic E-state index is 0.197. The van der Waals surface area contributed by atoms with E-state index in [-0.39, 0.29) is 12.1 Å². The molecule has 1 amide bonds. The second-order valence-corrected chi connectivity index (χ2v) is 8.81. The van der Waals surface area contributed by atoms with Crippen molar-refractivity contribution >= 4 is 55.0 Å². The Hall–Kier alpha value is -2.52. The number of aryl methyl sites for hydroxylation is 1. The summed E-state index contributed by atoms with van der Waals surface area (Å²) in [6.07, 6.45) is 5.13. The number of carbonyl (C=O) groups is 2. The molecule has 150 valence electrons. The zero-order chi connectivity index (χ0) is 20.5. The third-order valence-corrected chi connectivity index (χ3v) is 6.61. The Labute approximate surface area is 178 Å². The zero-order valence-corrected chi connectivity index (χ0v) is 18.1. The van der Waals surface area contributed by atoms with E-state index < -0.39 is 11.9 Å². The summed E-state index contributed by atoms with van der Waals surface area (Å²) in [6, 6.07) is 5.23. The summed E-state index contributed by atoms with van der Waals surface area (Å²) in [7, 11) is 1.33. The summed E-state index contributed by atoms with van der Waals surface area (Å²) in [5, 5.41) is 3.71. The van der Waals surface area contributed by atoms with Crippen molar-refractivity contribution in [2.45, 2.75) is 32.2 Å². The molecule has 0 saturated heterocycles. The van der Waals surface area contributed by atoms with E-state index in [0.717, 1.165) is 40.6 Å². The first-order valence-corrected chi connectivity index (χ1v) is 10.8. The van der Waals surface area contributed by atoms with Gasteiger partial charge in [0.1, 0.15) is 11.5 Å². The number of aromatic nitrogens is 2. The monoisotopic (exact) mass is 475 g/mol. The van der Waals surface area contributed by atoms with Crippen LogP contribution >= 0.6 is 27.3 Å². The average molecular weight is 476 g/mol. The summed E-state index contributed by atoms with van der Waals surface area (Å²) >= 11 is 4.76. The number of thiophene rings is 1. The van der Waals surface area contributed by atoms with Gasteiger partial charge in [0.2, 0.25) is 5.91 Å². The minimum atomic E-state index is -0.450. The Morgan fingerprint density at radius 1 is 1.31 bits per heavy atom. The van der Waals surface area contributed by atoms with Crippen molar-refractivity contribution in [3.05, 3.63) is 55.4 Å². The number of carbonyl (C=O) groups excluding carboxylic acids is 2. The molecule has 7 nitrogen and oxygen atoms in total. The van der Waals surface area contributed by atoms with Crippen LogP contribution in [0.1, 0.15) is 33.6 Å². The molecule has 0 atom stereocenters. The maximum Gasteiger partial charge on any atom is 0.341 e. The van der Waals surface area contributed by atoms with Crippen molar-refractivity contribution in [2.24, 2.45) is 0 Å². The Kier molecular flexibility index (Phi) is 5.51. The highest BCUT2D eigenvalue weighted by molar-refractivity contribution is 9.10. The summed E-state index contributed by atoms with van der Waals surface area (Å²) in [4.78, 5) is 43.0. The lowest BCUT2D eigenvalue weighted by molar-refractivity contribution is -0.116. The molecule has 2 aromatic heterocycles. The molecule has 0 saturated carbocycles. The van der Waals surface area contributed by atoms with E-state index in [2.05, 4.69) is 26.2 Å². The van der Waals surface area contributed by atoms with Gasteiger partial charge in [-0.15, -0.1) is 11.3 Å². The van der Waals surface area contributed by atoms with Crippen LogP contribution < -0.4 is 10.9 Å². The number of hydrogen-bond donors (Lipinski definition) is 1. The Bertz CT molecular complexity index is 1180. The van der Waals surface area contributed by atoms with E-state index in [9.17, 15) is 14.4 Å². The van der Waals surface area contributed by atoms with Crippen molar-refractivity contribution in [2.75, 3.05) is 12.4 Å². The first-order chi connectivity index (χ1) is 14.0. The third kappa shape index (κ3) is 3.84. The molecule has 9 heteroatoms. The number of anilines is 1. The number of amides is 1. The zero-order valence-electron chi connectivity index (χ0n) is 15.7. The molecule has 0 fully saturated rings. The first kappa shape index (κ1) is 19.8. The van der Waals surface area contributed by atoms with Gasteiger partial charge >= 0.3 is 5.97 Å². The van der Waals surface area contributed by atoms with E-state index >= 15 is 0 Å². The smallest absolute Gasteiger partial charge is 0.341 e. The van der Waals surface area contributed by atoms with E-state index in [1.807, 2.05) is 0 Å². The molecule has 29 heavy (non-hydrogen) atoms. The van der Waals surface area contributed by atoms with E-state index in [1.54, 1.807) is 18.2 Å². The van der Waals surface area contributed by atoms with E-state index in [1.165, 1.54) is 29.3 Å². The van der Waals surface area contributed by atoms with Crippen molar-refractivity contribution in [3.8, 4) is 0 Å². The number of nitrogens with zero attached hydrogens (tertiary/aromatic N) is 2. The van der Waals surface area contributed by atoms with Gasteiger partial charge in [-0.1, -0.05) is 15.9 Å². The van der Waals surface area contributed by atoms with E-state index in [0.29, 0.717) is 21.5 Å². The van der Waals surface area contributed by atoms with Gasteiger partial charge in [-0.05, 0) is 49.4 Å². The molecule has 0 radical (unpaired) electrons. The number of hydrogen-bond acceptors (Lipinski definition) is 6.